The summed E-state index contributed by atoms with van der Waals surface area (Å²) in [5.74, 6) is 1.62. The highest BCUT2D eigenvalue weighted by Gasteiger charge is 2.55. The minimum atomic E-state index is -0.308. The second-order valence-electron chi connectivity index (χ2n) is 7.94. The van der Waals surface area contributed by atoms with Crippen LogP contribution in [0.4, 0.5) is 0 Å². The van der Waals surface area contributed by atoms with E-state index in [1.165, 1.54) is 6.07 Å². The zero-order chi connectivity index (χ0) is 20.6. The van der Waals surface area contributed by atoms with E-state index in [2.05, 4.69) is 15.1 Å². The molecule has 2 atom stereocenters. The fourth-order valence-corrected chi connectivity index (χ4v) is 4.68. The van der Waals surface area contributed by atoms with Crippen LogP contribution in [0.1, 0.15) is 25.2 Å². The molecule has 1 saturated heterocycles. The minimum Gasteiger partial charge on any atom is -0.504 e. The van der Waals surface area contributed by atoms with E-state index < -0.39 is 0 Å². The normalized spacial score (nSPS) is 22.8. The molecule has 3 heterocycles. The van der Waals surface area contributed by atoms with Crippen LogP contribution in [-0.4, -0.2) is 50.7 Å². The molecule has 2 aliphatic rings. The molecule has 1 saturated carbocycles. The summed E-state index contributed by atoms with van der Waals surface area (Å²) in [5, 5.41) is 14.0. The fourth-order valence-electron chi connectivity index (χ4n) is 4.68. The van der Waals surface area contributed by atoms with Crippen molar-refractivity contribution in [3.8, 4) is 22.9 Å². The number of hydrogen-bond acceptors (Lipinski definition) is 7. The lowest BCUT2D eigenvalue weighted by molar-refractivity contribution is -0.132. The van der Waals surface area contributed by atoms with E-state index in [0.29, 0.717) is 30.6 Å². The van der Waals surface area contributed by atoms with Gasteiger partial charge < -0.3 is 19.3 Å². The Morgan fingerprint density at radius 1 is 1.30 bits per heavy atom. The van der Waals surface area contributed by atoms with Crippen molar-refractivity contribution in [2.24, 2.45) is 5.92 Å². The van der Waals surface area contributed by atoms with Gasteiger partial charge in [0.2, 0.25) is 11.7 Å². The molecule has 0 bridgehead atoms. The van der Waals surface area contributed by atoms with Crippen LogP contribution in [0.15, 0.2) is 53.3 Å². The van der Waals surface area contributed by atoms with Crippen molar-refractivity contribution in [1.29, 1.82) is 0 Å². The lowest BCUT2D eigenvalue weighted by Crippen LogP contribution is -2.37. The van der Waals surface area contributed by atoms with Crippen LogP contribution in [0.25, 0.3) is 11.4 Å². The minimum absolute atomic E-state index is 0.0221. The average molecular weight is 406 g/mol. The third kappa shape index (κ3) is 3.18. The number of fused-ring (bicyclic) bond motifs is 1. The van der Waals surface area contributed by atoms with E-state index >= 15 is 0 Å². The SMILES string of the molecule is O=C(COc1ccccc1O)N1C[C@H]2CCC[C@@]2(c2nc(-c3cccnc3)no2)C1. The molecular weight excluding hydrogens is 384 g/mol. The number of phenolic OH excluding ortho intramolecular Hbond substituents is 1. The van der Waals surface area contributed by atoms with Crippen molar-refractivity contribution in [2.75, 3.05) is 19.7 Å². The lowest BCUT2D eigenvalue weighted by atomic mass is 9.80. The molecule has 0 spiro atoms. The van der Waals surface area contributed by atoms with Crippen molar-refractivity contribution in [3.05, 3.63) is 54.7 Å². The number of benzene rings is 1. The van der Waals surface area contributed by atoms with Crippen LogP contribution in [0.2, 0.25) is 0 Å². The highest BCUT2D eigenvalue weighted by atomic mass is 16.5. The van der Waals surface area contributed by atoms with Gasteiger partial charge in [-0.15, -0.1) is 0 Å². The molecule has 1 aliphatic heterocycles. The van der Waals surface area contributed by atoms with Gasteiger partial charge in [-0.1, -0.05) is 23.7 Å². The highest BCUT2D eigenvalue weighted by Crippen LogP contribution is 2.50. The largest absolute Gasteiger partial charge is 0.504 e. The predicted octanol–water partition coefficient (Wildman–Crippen LogP) is 2.80. The number of aromatic hydroxyl groups is 1. The topological polar surface area (TPSA) is 102 Å². The van der Waals surface area contributed by atoms with E-state index in [1.54, 1.807) is 30.6 Å². The molecule has 2 fully saturated rings. The third-order valence-corrected chi connectivity index (χ3v) is 6.21. The number of amides is 1. The summed E-state index contributed by atoms with van der Waals surface area (Å²) in [4.78, 5) is 23.4. The number of rotatable bonds is 5. The first kappa shape index (κ1) is 18.6. The van der Waals surface area contributed by atoms with Gasteiger partial charge in [-0.25, -0.2) is 0 Å². The highest BCUT2D eigenvalue weighted by molar-refractivity contribution is 5.78. The number of carbonyl (C=O) groups excluding carboxylic acids is 1. The molecule has 8 heteroatoms. The van der Waals surface area contributed by atoms with Crippen LogP contribution in [0, 0.1) is 5.92 Å². The van der Waals surface area contributed by atoms with Gasteiger partial charge in [0.1, 0.15) is 0 Å². The van der Waals surface area contributed by atoms with Gasteiger partial charge in [-0.3, -0.25) is 9.78 Å². The molecule has 8 nitrogen and oxygen atoms in total. The number of ether oxygens (including phenoxy) is 1. The van der Waals surface area contributed by atoms with Crippen LogP contribution in [0.3, 0.4) is 0 Å². The third-order valence-electron chi connectivity index (χ3n) is 6.21. The molecule has 0 unspecified atom stereocenters. The summed E-state index contributed by atoms with van der Waals surface area (Å²) in [6.07, 6.45) is 6.42. The van der Waals surface area contributed by atoms with Crippen molar-refractivity contribution >= 4 is 5.91 Å². The predicted molar refractivity (Wildman–Crippen MR) is 107 cm³/mol. The molecular formula is C22H22N4O4. The van der Waals surface area contributed by atoms with E-state index in [-0.39, 0.29) is 29.6 Å². The molecule has 1 aliphatic carbocycles. The first-order valence-electron chi connectivity index (χ1n) is 10.1. The summed E-state index contributed by atoms with van der Waals surface area (Å²) < 4.78 is 11.2. The number of phenols is 1. The monoisotopic (exact) mass is 406 g/mol. The summed E-state index contributed by atoms with van der Waals surface area (Å²) >= 11 is 0. The first-order chi connectivity index (χ1) is 14.7. The molecule has 1 N–H and O–H groups in total. The quantitative estimate of drug-likeness (QED) is 0.695. The first-order valence-corrected chi connectivity index (χ1v) is 10.1. The van der Waals surface area contributed by atoms with E-state index in [1.807, 2.05) is 17.0 Å². The summed E-state index contributed by atoms with van der Waals surface area (Å²) in [7, 11) is 0. The van der Waals surface area contributed by atoms with Crippen molar-refractivity contribution in [3.63, 3.8) is 0 Å². The summed E-state index contributed by atoms with van der Waals surface area (Å²) in [5.41, 5.74) is 0.498. The lowest BCUT2D eigenvalue weighted by Gasteiger charge is -2.24. The smallest absolute Gasteiger partial charge is 0.260 e. The van der Waals surface area contributed by atoms with Crippen LogP contribution < -0.4 is 4.74 Å². The second kappa shape index (κ2) is 7.44. The number of para-hydroxylation sites is 2. The molecule has 5 rings (SSSR count). The fraction of sp³-hybridized carbons (Fsp3) is 0.364. The van der Waals surface area contributed by atoms with Gasteiger partial charge in [0.25, 0.3) is 5.91 Å². The Balaban J connectivity index is 1.32. The number of aromatic nitrogens is 3. The maximum absolute atomic E-state index is 12.8. The van der Waals surface area contributed by atoms with Gasteiger partial charge in [-0.2, -0.15) is 4.98 Å². The molecule has 154 valence electrons. The van der Waals surface area contributed by atoms with Crippen LogP contribution >= 0.6 is 0 Å². The molecule has 2 aromatic heterocycles. The maximum atomic E-state index is 12.8. The maximum Gasteiger partial charge on any atom is 0.260 e. The van der Waals surface area contributed by atoms with Crippen LogP contribution in [-0.2, 0) is 10.2 Å². The number of pyridine rings is 1. The Hall–Kier alpha value is -3.42. The molecule has 1 amide bonds. The van der Waals surface area contributed by atoms with Crippen molar-refractivity contribution in [2.45, 2.75) is 24.7 Å². The number of hydrogen-bond donors (Lipinski definition) is 1. The van der Waals surface area contributed by atoms with Gasteiger partial charge >= 0.3 is 0 Å². The zero-order valence-electron chi connectivity index (χ0n) is 16.4. The molecule has 30 heavy (non-hydrogen) atoms. The second-order valence-corrected chi connectivity index (χ2v) is 7.94. The summed E-state index contributed by atoms with van der Waals surface area (Å²) in [6.45, 7) is 1.06. The number of carbonyl (C=O) groups is 1. The van der Waals surface area contributed by atoms with Gasteiger partial charge in [0.15, 0.2) is 18.1 Å². The van der Waals surface area contributed by atoms with Gasteiger partial charge in [-0.05, 0) is 43.0 Å². The molecule has 3 aromatic rings. The van der Waals surface area contributed by atoms with Gasteiger partial charge in [0.05, 0.1) is 5.41 Å². The van der Waals surface area contributed by atoms with E-state index in [9.17, 15) is 9.90 Å². The zero-order valence-corrected chi connectivity index (χ0v) is 16.4. The Morgan fingerprint density at radius 2 is 2.20 bits per heavy atom. The van der Waals surface area contributed by atoms with Crippen molar-refractivity contribution in [1.82, 2.24) is 20.0 Å². The number of likely N-dealkylation sites (tertiary alicyclic amines) is 1. The Bertz CT molecular complexity index is 1050. The Morgan fingerprint density at radius 3 is 3.03 bits per heavy atom. The Labute approximate surface area is 173 Å². The van der Waals surface area contributed by atoms with Gasteiger partial charge in [0, 0.05) is 31.0 Å². The standard InChI is InChI=1S/C22H22N4O4/c27-17-7-1-2-8-18(17)29-13-19(28)26-12-16-6-3-9-22(16,14-26)21-24-20(25-30-21)15-5-4-10-23-11-15/h1-2,4-5,7-8,10-11,16,27H,3,6,9,12-14H2/t16-,22-/m1/s1. The molecule has 1 aromatic carbocycles. The average Bonchev–Trinajstić information content (AvgIpc) is 3.48. The molecule has 0 radical (unpaired) electrons. The van der Waals surface area contributed by atoms with E-state index in [0.717, 1.165) is 24.8 Å². The van der Waals surface area contributed by atoms with Crippen molar-refractivity contribution < 1.29 is 19.2 Å². The Kier molecular flexibility index (Phi) is 4.61. The summed E-state index contributed by atoms with van der Waals surface area (Å²) in [6, 6.07) is 10.4. The number of nitrogens with zero attached hydrogens (tertiary/aromatic N) is 4. The van der Waals surface area contributed by atoms with Crippen LogP contribution in [0.5, 0.6) is 11.5 Å². The van der Waals surface area contributed by atoms with E-state index in [4.69, 9.17) is 9.26 Å².